The molecule has 0 saturated carbocycles. The van der Waals surface area contributed by atoms with Crippen molar-refractivity contribution < 1.29 is 4.42 Å². The Morgan fingerprint density at radius 1 is 1.44 bits per heavy atom. The molecule has 0 amide bonds. The molecule has 1 heterocycles. The van der Waals surface area contributed by atoms with Crippen molar-refractivity contribution in [3.8, 4) is 0 Å². The first-order valence-electron chi connectivity index (χ1n) is 3.36. The second-order valence-electron chi connectivity index (χ2n) is 2.41. The van der Waals surface area contributed by atoms with Crippen LogP contribution in [0.3, 0.4) is 0 Å². The minimum Gasteiger partial charge on any atom is -0.469 e. The van der Waals surface area contributed by atoms with Crippen LogP contribution in [0, 0.1) is 6.42 Å². The van der Waals surface area contributed by atoms with Crippen molar-refractivity contribution >= 4 is 0 Å². The predicted molar refractivity (Wildman–Crippen MR) is 35.0 cm³/mol. The van der Waals surface area contributed by atoms with Gasteiger partial charge in [-0.3, -0.25) is 0 Å². The summed E-state index contributed by atoms with van der Waals surface area (Å²) in [6.45, 7) is 0. The minimum absolute atomic E-state index is 1.10. The van der Waals surface area contributed by atoms with Gasteiger partial charge in [0.25, 0.3) is 0 Å². The third kappa shape index (κ3) is 0.766. The van der Waals surface area contributed by atoms with Crippen LogP contribution in [-0.4, -0.2) is 0 Å². The van der Waals surface area contributed by atoms with E-state index in [-0.39, 0.29) is 0 Å². The Bertz CT molecular complexity index is 180. The summed E-state index contributed by atoms with van der Waals surface area (Å²) in [5.74, 6) is 1.10. The van der Waals surface area contributed by atoms with Crippen LogP contribution in [-0.2, 0) is 6.42 Å². The number of fused-ring (bicyclic) bond motifs is 1. The molecule has 1 heteroatoms. The molecule has 9 heavy (non-hydrogen) atoms. The lowest BCUT2D eigenvalue weighted by Crippen LogP contribution is -1.95. The van der Waals surface area contributed by atoms with Crippen molar-refractivity contribution in [3.63, 3.8) is 0 Å². The lowest BCUT2D eigenvalue weighted by molar-refractivity contribution is 0.519. The van der Waals surface area contributed by atoms with Gasteiger partial charge in [0.15, 0.2) is 0 Å². The van der Waals surface area contributed by atoms with E-state index in [1.165, 1.54) is 24.8 Å². The molecule has 1 aromatic heterocycles. The lowest BCUT2D eigenvalue weighted by Gasteiger charge is -2.06. The molecule has 0 saturated heterocycles. The van der Waals surface area contributed by atoms with Crippen LogP contribution in [0.25, 0.3) is 0 Å². The minimum atomic E-state index is 1.10. The first kappa shape index (κ1) is 5.10. The molecule has 47 valence electrons. The van der Waals surface area contributed by atoms with E-state index in [1.54, 1.807) is 6.26 Å². The maximum atomic E-state index is 5.20. The van der Waals surface area contributed by atoms with E-state index in [9.17, 15) is 0 Å². The van der Waals surface area contributed by atoms with Gasteiger partial charge in [0, 0.05) is 6.42 Å². The molecule has 1 aliphatic carbocycles. The highest BCUT2D eigenvalue weighted by Crippen LogP contribution is 2.22. The normalized spacial score (nSPS) is 17.3. The summed E-state index contributed by atoms with van der Waals surface area (Å²) in [7, 11) is 0. The molecule has 1 aliphatic rings. The third-order valence-corrected chi connectivity index (χ3v) is 1.76. The van der Waals surface area contributed by atoms with E-state index in [2.05, 4.69) is 12.5 Å². The van der Waals surface area contributed by atoms with Gasteiger partial charge in [-0.15, -0.1) is 0 Å². The van der Waals surface area contributed by atoms with Crippen molar-refractivity contribution in [1.29, 1.82) is 0 Å². The molecule has 0 N–H and O–H groups in total. The van der Waals surface area contributed by atoms with Gasteiger partial charge in [0.05, 0.1) is 6.26 Å². The molecule has 0 atom stereocenters. The fourth-order valence-corrected chi connectivity index (χ4v) is 1.26. The lowest BCUT2D eigenvalue weighted by atomic mass is 9.99. The van der Waals surface area contributed by atoms with Crippen LogP contribution in [0.5, 0.6) is 0 Å². The van der Waals surface area contributed by atoms with E-state index in [0.717, 1.165) is 5.76 Å². The fourth-order valence-electron chi connectivity index (χ4n) is 1.26. The Balaban J connectivity index is 2.39. The smallest absolute Gasteiger partial charge is 0.110 e. The Morgan fingerprint density at radius 3 is 3.33 bits per heavy atom. The van der Waals surface area contributed by atoms with Crippen LogP contribution < -0.4 is 0 Å². The average molecular weight is 121 g/mol. The van der Waals surface area contributed by atoms with Crippen molar-refractivity contribution in [3.05, 3.63) is 30.1 Å². The summed E-state index contributed by atoms with van der Waals surface area (Å²) < 4.78 is 5.20. The zero-order valence-electron chi connectivity index (χ0n) is 5.26. The van der Waals surface area contributed by atoms with E-state index >= 15 is 0 Å². The zero-order valence-corrected chi connectivity index (χ0v) is 5.26. The number of hydrogen-bond acceptors (Lipinski definition) is 1. The van der Waals surface area contributed by atoms with Crippen LogP contribution in [0.1, 0.15) is 24.2 Å². The van der Waals surface area contributed by atoms with Gasteiger partial charge in [0.2, 0.25) is 0 Å². The maximum absolute atomic E-state index is 5.20. The van der Waals surface area contributed by atoms with E-state index in [0.29, 0.717) is 0 Å². The molecule has 1 radical (unpaired) electrons. The number of aryl methyl sites for hydroxylation is 1. The molecule has 0 unspecified atom stereocenters. The largest absolute Gasteiger partial charge is 0.469 e. The molecule has 2 rings (SSSR count). The second kappa shape index (κ2) is 1.90. The summed E-state index contributed by atoms with van der Waals surface area (Å²) in [6, 6.07) is 2.06. The maximum Gasteiger partial charge on any atom is 0.110 e. The molecular weight excluding hydrogens is 112 g/mol. The van der Waals surface area contributed by atoms with Crippen molar-refractivity contribution in [2.24, 2.45) is 0 Å². The van der Waals surface area contributed by atoms with Crippen LogP contribution >= 0.6 is 0 Å². The quantitative estimate of drug-likeness (QED) is 0.512. The van der Waals surface area contributed by atoms with Gasteiger partial charge in [-0.25, -0.2) is 0 Å². The molecule has 1 nitrogen and oxygen atoms in total. The third-order valence-electron chi connectivity index (χ3n) is 1.76. The van der Waals surface area contributed by atoms with Gasteiger partial charge >= 0.3 is 0 Å². The predicted octanol–water partition coefficient (Wildman–Crippen LogP) is 2.17. The summed E-state index contributed by atoms with van der Waals surface area (Å²) in [5.41, 5.74) is 1.38. The van der Waals surface area contributed by atoms with E-state index in [1.807, 2.05) is 0 Å². The van der Waals surface area contributed by atoms with Crippen LogP contribution in [0.4, 0.5) is 0 Å². The summed E-state index contributed by atoms with van der Waals surface area (Å²) in [5, 5.41) is 0. The molecule has 0 spiro atoms. The summed E-state index contributed by atoms with van der Waals surface area (Å²) in [4.78, 5) is 0. The van der Waals surface area contributed by atoms with Gasteiger partial charge in [0.1, 0.15) is 5.76 Å². The summed E-state index contributed by atoms with van der Waals surface area (Å²) in [6.07, 6.45) is 7.60. The van der Waals surface area contributed by atoms with Gasteiger partial charge in [-0.05, 0) is 30.9 Å². The highest BCUT2D eigenvalue weighted by Gasteiger charge is 2.10. The molecule has 0 fully saturated rings. The van der Waals surface area contributed by atoms with Crippen molar-refractivity contribution in [1.82, 2.24) is 0 Å². The Labute approximate surface area is 54.7 Å². The van der Waals surface area contributed by atoms with Crippen LogP contribution in [0.15, 0.2) is 16.7 Å². The highest BCUT2D eigenvalue weighted by atomic mass is 16.3. The van der Waals surface area contributed by atoms with Crippen molar-refractivity contribution in [2.75, 3.05) is 0 Å². The highest BCUT2D eigenvalue weighted by molar-refractivity contribution is 5.25. The molecule has 0 aliphatic heterocycles. The van der Waals surface area contributed by atoms with Crippen LogP contribution in [0.2, 0.25) is 0 Å². The monoisotopic (exact) mass is 121 g/mol. The van der Waals surface area contributed by atoms with E-state index in [4.69, 9.17) is 4.42 Å². The van der Waals surface area contributed by atoms with Gasteiger partial charge in [-0.2, -0.15) is 0 Å². The zero-order chi connectivity index (χ0) is 6.10. The van der Waals surface area contributed by atoms with Gasteiger partial charge < -0.3 is 4.42 Å². The standard InChI is InChI=1S/C8H9O/c1-2-4-8-7(3-1)5-6-9-8/h4-6H,1-3H2. The number of rotatable bonds is 0. The molecule has 0 aromatic carbocycles. The number of hydrogen-bond donors (Lipinski definition) is 0. The first-order chi connectivity index (χ1) is 4.47. The average Bonchev–Trinajstić information content (AvgIpc) is 2.33. The van der Waals surface area contributed by atoms with Crippen molar-refractivity contribution in [2.45, 2.75) is 19.3 Å². The molecule has 1 aromatic rings. The Morgan fingerprint density at radius 2 is 2.44 bits per heavy atom. The first-order valence-corrected chi connectivity index (χ1v) is 3.36. The topological polar surface area (TPSA) is 13.1 Å². The molecule has 0 bridgehead atoms. The summed E-state index contributed by atoms with van der Waals surface area (Å²) >= 11 is 0. The van der Waals surface area contributed by atoms with Gasteiger partial charge in [-0.1, -0.05) is 0 Å². The Hall–Kier alpha value is -0.720. The SMILES string of the molecule is [CH]1CCCc2ccoc21. The number of furan rings is 1. The Kier molecular flexibility index (Phi) is 1.08. The molecular formula is C8H9O. The second-order valence-corrected chi connectivity index (χ2v) is 2.41. The fraction of sp³-hybridized carbons (Fsp3) is 0.375. The van der Waals surface area contributed by atoms with E-state index < -0.39 is 0 Å².